The number of nitrogens with one attached hydrogen (secondary N) is 1. The lowest BCUT2D eigenvalue weighted by atomic mass is 10.0. The molecule has 0 saturated heterocycles. The minimum atomic E-state index is -4.73. The number of amides is 1. The summed E-state index contributed by atoms with van der Waals surface area (Å²) in [5.41, 5.74) is -1.92. The van der Waals surface area contributed by atoms with E-state index >= 15 is 0 Å². The average Bonchev–Trinajstić information content (AvgIpc) is 3.05. The number of ether oxygens (including phenoxy) is 1. The number of benzene rings is 1. The Morgan fingerprint density at radius 1 is 1.25 bits per heavy atom. The topological polar surface area (TPSA) is 54.6 Å². The Hall–Kier alpha value is -1.68. The van der Waals surface area contributed by atoms with Crippen LogP contribution in [0.3, 0.4) is 0 Å². The van der Waals surface area contributed by atoms with Crippen molar-refractivity contribution in [1.82, 2.24) is 10.0 Å². The molecular formula is C16H13Cl3F4N2O3. The SMILES string of the molecule is CON(C)C(=O)COc1cc(-c2cc(C(F)(F)F)[nH]c2C(Cl)Cl)c(F)cc1Cl. The van der Waals surface area contributed by atoms with Gasteiger partial charge in [-0.15, -0.1) is 0 Å². The second-order valence-corrected chi connectivity index (χ2v) is 6.94. The molecule has 0 aliphatic rings. The normalized spacial score (nSPS) is 11.8. The number of likely N-dealkylation sites (N-methyl/N-ethyl adjacent to an activating group) is 1. The molecule has 2 aromatic rings. The third kappa shape index (κ3) is 5.02. The van der Waals surface area contributed by atoms with Gasteiger partial charge in [0.1, 0.15) is 22.1 Å². The van der Waals surface area contributed by atoms with Crippen LogP contribution in [0.1, 0.15) is 16.2 Å². The first-order valence-electron chi connectivity index (χ1n) is 7.46. The van der Waals surface area contributed by atoms with E-state index in [2.05, 4.69) is 0 Å². The molecule has 0 radical (unpaired) electrons. The number of alkyl halides is 5. The van der Waals surface area contributed by atoms with Crippen molar-refractivity contribution in [3.63, 3.8) is 0 Å². The summed E-state index contributed by atoms with van der Waals surface area (Å²) in [5.74, 6) is -1.63. The van der Waals surface area contributed by atoms with Crippen molar-refractivity contribution >= 4 is 40.7 Å². The molecule has 0 unspecified atom stereocenters. The summed E-state index contributed by atoms with van der Waals surface area (Å²) in [5, 5.41) is 0.708. The van der Waals surface area contributed by atoms with Crippen LogP contribution in [0.5, 0.6) is 5.75 Å². The maximum atomic E-state index is 14.4. The second-order valence-electron chi connectivity index (χ2n) is 5.43. The zero-order chi connectivity index (χ0) is 21.2. The summed E-state index contributed by atoms with van der Waals surface area (Å²) in [7, 11) is 2.61. The van der Waals surface area contributed by atoms with Gasteiger partial charge in [-0.25, -0.2) is 9.45 Å². The molecule has 0 bridgehead atoms. The fourth-order valence-electron chi connectivity index (χ4n) is 2.20. The summed E-state index contributed by atoms with van der Waals surface area (Å²) >= 11 is 17.3. The van der Waals surface area contributed by atoms with Gasteiger partial charge < -0.3 is 9.72 Å². The number of carbonyl (C=O) groups excluding carboxylic acids is 1. The smallest absolute Gasteiger partial charge is 0.431 e. The second kappa shape index (κ2) is 8.77. The molecule has 0 spiro atoms. The van der Waals surface area contributed by atoms with Gasteiger partial charge in [-0.3, -0.25) is 9.63 Å². The third-order valence-corrected chi connectivity index (χ3v) is 4.39. The number of H-pyrrole nitrogens is 1. The van der Waals surface area contributed by atoms with Crippen molar-refractivity contribution in [3.8, 4) is 16.9 Å². The number of aromatic amines is 1. The van der Waals surface area contributed by atoms with E-state index in [1.807, 2.05) is 4.98 Å². The van der Waals surface area contributed by atoms with Gasteiger partial charge in [0.25, 0.3) is 5.91 Å². The maximum absolute atomic E-state index is 14.4. The van der Waals surface area contributed by atoms with Crippen LogP contribution in [0.25, 0.3) is 11.1 Å². The molecule has 0 aliphatic heterocycles. The quantitative estimate of drug-likeness (QED) is 0.356. The Kier molecular flexibility index (Phi) is 7.08. The van der Waals surface area contributed by atoms with E-state index in [0.717, 1.165) is 17.2 Å². The first-order valence-corrected chi connectivity index (χ1v) is 8.72. The van der Waals surface area contributed by atoms with E-state index in [1.165, 1.54) is 14.2 Å². The number of rotatable bonds is 6. The fourth-order valence-corrected chi connectivity index (χ4v) is 2.75. The van der Waals surface area contributed by atoms with Gasteiger partial charge in [-0.05, 0) is 18.2 Å². The molecular weight excluding hydrogens is 451 g/mol. The lowest BCUT2D eigenvalue weighted by molar-refractivity contribution is -0.170. The molecule has 1 aromatic carbocycles. The van der Waals surface area contributed by atoms with Gasteiger partial charge >= 0.3 is 6.18 Å². The van der Waals surface area contributed by atoms with Crippen molar-refractivity contribution in [1.29, 1.82) is 0 Å². The Morgan fingerprint density at radius 2 is 1.89 bits per heavy atom. The van der Waals surface area contributed by atoms with E-state index in [9.17, 15) is 22.4 Å². The molecule has 28 heavy (non-hydrogen) atoms. The van der Waals surface area contributed by atoms with E-state index in [4.69, 9.17) is 44.4 Å². The number of carbonyl (C=O) groups is 1. The van der Waals surface area contributed by atoms with Crippen LogP contribution in [0.4, 0.5) is 17.6 Å². The first-order chi connectivity index (χ1) is 13.0. The van der Waals surface area contributed by atoms with Crippen molar-refractivity contribution in [2.45, 2.75) is 11.0 Å². The molecule has 1 heterocycles. The number of hydroxylamine groups is 2. The van der Waals surface area contributed by atoms with Crippen LogP contribution in [0.2, 0.25) is 5.02 Å². The molecule has 154 valence electrons. The number of halogens is 7. The standard InChI is InChI=1S/C16H13Cl3F4N2O3/c1-25(27-2)13(26)6-28-11-3-7(10(20)5-9(11)17)8-4-12(16(21,22)23)24-14(8)15(18)19/h3-5,15,24H,6H2,1-2H3. The highest BCUT2D eigenvalue weighted by atomic mass is 35.5. The van der Waals surface area contributed by atoms with E-state index in [0.29, 0.717) is 6.07 Å². The van der Waals surface area contributed by atoms with Gasteiger partial charge in [-0.1, -0.05) is 34.8 Å². The summed E-state index contributed by atoms with van der Waals surface area (Å²) in [6.45, 7) is -0.503. The van der Waals surface area contributed by atoms with Crippen LogP contribution in [-0.4, -0.2) is 36.7 Å². The lowest BCUT2D eigenvalue weighted by Crippen LogP contribution is -2.30. The Balaban J connectivity index is 2.46. The summed E-state index contributed by atoms with van der Waals surface area (Å²) < 4.78 is 58.7. The van der Waals surface area contributed by atoms with Gasteiger partial charge in [0.2, 0.25) is 0 Å². The van der Waals surface area contributed by atoms with E-state index in [1.54, 1.807) is 0 Å². The van der Waals surface area contributed by atoms with Crippen LogP contribution in [0.15, 0.2) is 18.2 Å². The Morgan fingerprint density at radius 3 is 2.43 bits per heavy atom. The molecule has 0 aliphatic carbocycles. The predicted molar refractivity (Wildman–Crippen MR) is 95.9 cm³/mol. The average molecular weight is 464 g/mol. The van der Waals surface area contributed by atoms with Gasteiger partial charge in [0.05, 0.1) is 17.8 Å². The Labute approximate surface area is 172 Å². The van der Waals surface area contributed by atoms with E-state index < -0.39 is 35.0 Å². The molecule has 0 atom stereocenters. The van der Waals surface area contributed by atoms with Crippen LogP contribution in [0, 0.1) is 5.82 Å². The fraction of sp³-hybridized carbons (Fsp3) is 0.312. The molecule has 12 heteroatoms. The molecule has 0 saturated carbocycles. The highest BCUT2D eigenvalue weighted by molar-refractivity contribution is 6.44. The van der Waals surface area contributed by atoms with Crippen LogP contribution >= 0.6 is 34.8 Å². The van der Waals surface area contributed by atoms with Gasteiger partial charge in [0, 0.05) is 18.2 Å². The van der Waals surface area contributed by atoms with Crippen LogP contribution < -0.4 is 4.74 Å². The molecule has 0 fully saturated rings. The van der Waals surface area contributed by atoms with Crippen molar-refractivity contribution < 1.29 is 31.9 Å². The summed E-state index contributed by atoms with van der Waals surface area (Å²) in [4.78, 5) is 17.1. The molecule has 1 N–H and O–H groups in total. The molecule has 5 nitrogen and oxygen atoms in total. The minimum absolute atomic E-state index is 0.127. The zero-order valence-corrected chi connectivity index (χ0v) is 16.6. The highest BCUT2D eigenvalue weighted by Gasteiger charge is 2.35. The number of hydrogen-bond acceptors (Lipinski definition) is 3. The minimum Gasteiger partial charge on any atom is -0.482 e. The van der Waals surface area contributed by atoms with Crippen molar-refractivity contribution in [2.75, 3.05) is 20.8 Å². The maximum Gasteiger partial charge on any atom is 0.431 e. The van der Waals surface area contributed by atoms with Crippen molar-refractivity contribution in [3.05, 3.63) is 40.4 Å². The summed E-state index contributed by atoms with van der Waals surface area (Å²) in [6.07, 6.45) is -4.73. The van der Waals surface area contributed by atoms with Gasteiger partial charge in [-0.2, -0.15) is 13.2 Å². The van der Waals surface area contributed by atoms with Gasteiger partial charge in [0.15, 0.2) is 6.61 Å². The lowest BCUT2D eigenvalue weighted by Gasteiger charge is -2.15. The molecule has 2 rings (SSSR count). The number of aromatic nitrogens is 1. The number of nitrogens with zero attached hydrogens (tertiary/aromatic N) is 1. The predicted octanol–water partition coefficient (Wildman–Crippen LogP) is 5.37. The van der Waals surface area contributed by atoms with E-state index in [-0.39, 0.29) is 27.6 Å². The third-order valence-electron chi connectivity index (χ3n) is 3.66. The first kappa shape index (κ1) is 22.6. The Bertz CT molecular complexity index is 872. The zero-order valence-electron chi connectivity index (χ0n) is 14.3. The number of hydrogen-bond donors (Lipinski definition) is 1. The van der Waals surface area contributed by atoms with Crippen LogP contribution in [-0.2, 0) is 15.8 Å². The monoisotopic (exact) mass is 462 g/mol. The van der Waals surface area contributed by atoms with Crippen molar-refractivity contribution in [2.24, 2.45) is 0 Å². The summed E-state index contributed by atoms with van der Waals surface area (Å²) in [6, 6.07) is 2.58. The largest absolute Gasteiger partial charge is 0.482 e. The highest BCUT2D eigenvalue weighted by Crippen LogP contribution is 2.42. The molecule has 1 aromatic heterocycles. The molecule has 1 amide bonds.